The van der Waals surface area contributed by atoms with Crippen LogP contribution < -0.4 is 20.9 Å². The molecular formula is C30H34N8O. The van der Waals surface area contributed by atoms with Crippen LogP contribution in [0.3, 0.4) is 0 Å². The van der Waals surface area contributed by atoms with Gasteiger partial charge < -0.3 is 20.9 Å². The van der Waals surface area contributed by atoms with Gasteiger partial charge in [0.1, 0.15) is 0 Å². The molecule has 4 aromatic rings. The van der Waals surface area contributed by atoms with E-state index >= 15 is 0 Å². The number of nitrogens with one attached hydrogen (secondary N) is 3. The maximum absolute atomic E-state index is 12.8. The second-order valence-electron chi connectivity index (χ2n) is 9.85. The fraction of sp³-hybridized carbons (Fsp3) is 0.267. The van der Waals surface area contributed by atoms with Crippen molar-refractivity contribution >= 4 is 40.8 Å². The number of carbonyl (C=O) groups excluding carboxylic acids is 1. The van der Waals surface area contributed by atoms with Crippen LogP contribution in [0.15, 0.2) is 72.8 Å². The van der Waals surface area contributed by atoms with Crippen molar-refractivity contribution in [2.75, 3.05) is 53.6 Å². The van der Waals surface area contributed by atoms with Crippen LogP contribution >= 0.6 is 0 Å². The summed E-state index contributed by atoms with van der Waals surface area (Å²) in [6.45, 7) is 9.35. The number of nitrogens with zero attached hydrogens (tertiary/aromatic N) is 5. The van der Waals surface area contributed by atoms with Gasteiger partial charge in [-0.2, -0.15) is 15.0 Å². The highest BCUT2D eigenvalue weighted by molar-refractivity contribution is 5.93. The third-order valence-electron chi connectivity index (χ3n) is 6.65. The third kappa shape index (κ3) is 6.88. The van der Waals surface area contributed by atoms with E-state index in [9.17, 15) is 4.79 Å². The Morgan fingerprint density at radius 3 is 1.77 bits per heavy atom. The Morgan fingerprint density at radius 2 is 1.26 bits per heavy atom. The molecule has 5 rings (SSSR count). The lowest BCUT2D eigenvalue weighted by atomic mass is 10.1. The van der Waals surface area contributed by atoms with Gasteiger partial charge in [-0.25, -0.2) is 0 Å². The maximum Gasteiger partial charge on any atom is 0.238 e. The highest BCUT2D eigenvalue weighted by Gasteiger charge is 2.22. The van der Waals surface area contributed by atoms with Crippen molar-refractivity contribution in [3.05, 3.63) is 89.5 Å². The molecule has 1 aliphatic rings. The molecule has 39 heavy (non-hydrogen) atoms. The van der Waals surface area contributed by atoms with Gasteiger partial charge in [0.15, 0.2) is 0 Å². The Kier molecular flexibility index (Phi) is 7.98. The number of benzene rings is 3. The summed E-state index contributed by atoms with van der Waals surface area (Å²) in [4.78, 5) is 31.2. The van der Waals surface area contributed by atoms with Crippen molar-refractivity contribution in [1.29, 1.82) is 0 Å². The highest BCUT2D eigenvalue weighted by Crippen LogP contribution is 2.23. The molecule has 0 unspecified atom stereocenters. The first-order valence-electron chi connectivity index (χ1n) is 13.2. The van der Waals surface area contributed by atoms with Gasteiger partial charge in [0, 0.05) is 43.2 Å². The summed E-state index contributed by atoms with van der Waals surface area (Å²) in [5.74, 6) is 1.53. The van der Waals surface area contributed by atoms with Crippen molar-refractivity contribution < 1.29 is 4.79 Å². The fourth-order valence-electron chi connectivity index (χ4n) is 4.78. The van der Waals surface area contributed by atoms with Crippen LogP contribution in [-0.2, 0) is 4.79 Å². The molecule has 9 nitrogen and oxygen atoms in total. The zero-order chi connectivity index (χ0) is 27.2. The van der Waals surface area contributed by atoms with Crippen LogP contribution in [0.4, 0.5) is 34.9 Å². The molecule has 1 aliphatic heterocycles. The van der Waals surface area contributed by atoms with Crippen molar-refractivity contribution in [3.8, 4) is 0 Å². The number of hydrogen-bond acceptors (Lipinski definition) is 8. The summed E-state index contributed by atoms with van der Waals surface area (Å²) in [6, 6.07) is 23.9. The molecule has 200 valence electrons. The van der Waals surface area contributed by atoms with E-state index in [0.29, 0.717) is 37.5 Å². The van der Waals surface area contributed by atoms with E-state index in [1.54, 1.807) is 0 Å². The van der Waals surface area contributed by atoms with Crippen molar-refractivity contribution in [1.82, 2.24) is 19.9 Å². The average Bonchev–Trinajstić information content (AvgIpc) is 2.92. The highest BCUT2D eigenvalue weighted by atomic mass is 16.2. The molecule has 1 fully saturated rings. The Balaban J connectivity index is 1.25. The molecule has 0 radical (unpaired) electrons. The smallest absolute Gasteiger partial charge is 0.238 e. The number of amides is 1. The van der Waals surface area contributed by atoms with Gasteiger partial charge in [0.25, 0.3) is 0 Å². The lowest BCUT2D eigenvalue weighted by molar-refractivity contribution is -0.117. The summed E-state index contributed by atoms with van der Waals surface area (Å²) in [6.07, 6.45) is 0. The number of aromatic nitrogens is 3. The number of anilines is 6. The summed E-state index contributed by atoms with van der Waals surface area (Å²) >= 11 is 0. The molecule has 0 atom stereocenters. The second kappa shape index (κ2) is 11.9. The maximum atomic E-state index is 12.8. The van der Waals surface area contributed by atoms with Gasteiger partial charge >= 0.3 is 0 Å². The van der Waals surface area contributed by atoms with Crippen LogP contribution in [-0.4, -0.2) is 58.5 Å². The summed E-state index contributed by atoms with van der Waals surface area (Å²) in [5.41, 5.74) is 6.07. The monoisotopic (exact) mass is 522 g/mol. The summed E-state index contributed by atoms with van der Waals surface area (Å²) < 4.78 is 0. The predicted molar refractivity (Wildman–Crippen MR) is 157 cm³/mol. The molecule has 0 bridgehead atoms. The van der Waals surface area contributed by atoms with Crippen LogP contribution in [0.25, 0.3) is 0 Å². The quantitative estimate of drug-likeness (QED) is 0.296. The number of hydrogen-bond donors (Lipinski definition) is 3. The number of rotatable bonds is 8. The second-order valence-corrected chi connectivity index (χ2v) is 9.85. The first-order valence-corrected chi connectivity index (χ1v) is 13.2. The Labute approximate surface area is 229 Å². The van der Waals surface area contributed by atoms with Crippen LogP contribution in [0.1, 0.15) is 16.7 Å². The van der Waals surface area contributed by atoms with E-state index in [4.69, 9.17) is 9.97 Å². The van der Waals surface area contributed by atoms with E-state index in [-0.39, 0.29) is 5.91 Å². The zero-order valence-corrected chi connectivity index (χ0v) is 22.6. The number of piperazine rings is 1. The Hall–Kier alpha value is -4.50. The van der Waals surface area contributed by atoms with Gasteiger partial charge in [-0.15, -0.1) is 0 Å². The number of aryl methyl sites for hydroxylation is 3. The Bertz CT molecular complexity index is 1340. The van der Waals surface area contributed by atoms with Gasteiger partial charge in [0.05, 0.1) is 6.54 Å². The van der Waals surface area contributed by atoms with Crippen LogP contribution in [0, 0.1) is 20.8 Å². The molecule has 3 N–H and O–H groups in total. The molecule has 1 amide bonds. The molecule has 9 heteroatoms. The van der Waals surface area contributed by atoms with E-state index in [2.05, 4.69) is 49.8 Å². The lowest BCUT2D eigenvalue weighted by Gasteiger charge is -2.34. The van der Waals surface area contributed by atoms with E-state index in [1.807, 2.05) is 74.5 Å². The van der Waals surface area contributed by atoms with Gasteiger partial charge in [-0.05, 0) is 56.2 Å². The van der Waals surface area contributed by atoms with Crippen molar-refractivity contribution in [2.45, 2.75) is 20.8 Å². The summed E-state index contributed by atoms with van der Waals surface area (Å²) in [7, 11) is 0. The minimum atomic E-state index is 0.00218. The molecule has 0 saturated carbocycles. The van der Waals surface area contributed by atoms with Gasteiger partial charge in [-0.3, -0.25) is 9.69 Å². The number of para-hydroxylation sites is 2. The molecule has 0 aliphatic carbocycles. The predicted octanol–water partition coefficient (Wildman–Crippen LogP) is 5.04. The molecule has 1 saturated heterocycles. The number of carbonyl (C=O) groups is 1. The zero-order valence-electron chi connectivity index (χ0n) is 22.6. The Morgan fingerprint density at radius 1 is 0.744 bits per heavy atom. The van der Waals surface area contributed by atoms with Gasteiger partial charge in [-0.1, -0.05) is 54.1 Å². The first kappa shape index (κ1) is 26.1. The van der Waals surface area contributed by atoms with E-state index < -0.39 is 0 Å². The third-order valence-corrected chi connectivity index (χ3v) is 6.65. The van der Waals surface area contributed by atoms with E-state index in [0.717, 1.165) is 41.3 Å². The molecular weight excluding hydrogens is 488 g/mol. The summed E-state index contributed by atoms with van der Waals surface area (Å²) in [5, 5.41) is 9.69. The molecule has 1 aromatic heterocycles. The van der Waals surface area contributed by atoms with Crippen molar-refractivity contribution in [3.63, 3.8) is 0 Å². The lowest BCUT2D eigenvalue weighted by Crippen LogP contribution is -2.49. The average molecular weight is 523 g/mol. The van der Waals surface area contributed by atoms with Crippen molar-refractivity contribution in [2.24, 2.45) is 0 Å². The molecule has 2 heterocycles. The minimum Gasteiger partial charge on any atom is -0.338 e. The largest absolute Gasteiger partial charge is 0.338 e. The van der Waals surface area contributed by atoms with Crippen LogP contribution in [0.5, 0.6) is 0 Å². The van der Waals surface area contributed by atoms with Crippen LogP contribution in [0.2, 0.25) is 0 Å². The fourth-order valence-corrected chi connectivity index (χ4v) is 4.78. The van der Waals surface area contributed by atoms with E-state index in [1.165, 1.54) is 5.56 Å². The topological polar surface area (TPSA) is 98.3 Å². The molecule has 3 aromatic carbocycles. The standard InChI is InChI=1S/C30H34N8O/c1-21-18-22(2)27(23(3)19-21)33-26(39)20-37-14-16-38(17-15-37)30-35-28(31-24-10-6-4-7-11-24)34-29(36-30)32-25-12-8-5-9-13-25/h4-13,18-19H,14-17,20H2,1-3H3,(H,33,39)(H2,31,32,34,35,36). The normalized spacial score (nSPS) is 13.7. The van der Waals surface area contributed by atoms with Gasteiger partial charge in [0.2, 0.25) is 23.8 Å². The molecule has 0 spiro atoms. The first-order chi connectivity index (χ1) is 18.9. The minimum absolute atomic E-state index is 0.00218. The SMILES string of the molecule is Cc1cc(C)c(NC(=O)CN2CCN(c3nc(Nc4ccccc4)nc(Nc4ccccc4)n3)CC2)c(C)c1.